The molecule has 2 rings (SSSR count). The highest BCUT2D eigenvalue weighted by Gasteiger charge is 2.42. The van der Waals surface area contributed by atoms with Crippen LogP contribution in [-0.2, 0) is 14.8 Å². The number of nitrogen functional groups attached to an aromatic ring is 1. The fraction of sp³-hybridized carbons (Fsp3) is 0.500. The zero-order chi connectivity index (χ0) is 15.8. The van der Waals surface area contributed by atoms with Crippen LogP contribution in [0.3, 0.4) is 0 Å². The number of carbonyl (C=O) groups excluding carboxylic acids is 1. The Balaban J connectivity index is 2.59. The largest absolute Gasteiger partial charge is 0.465 e. The van der Waals surface area contributed by atoms with Gasteiger partial charge in [0.25, 0.3) is 0 Å². The molecule has 0 unspecified atom stereocenters. The monoisotopic (exact) mass is 312 g/mol. The summed E-state index contributed by atoms with van der Waals surface area (Å²) in [5.41, 5.74) is 5.52. The lowest BCUT2D eigenvalue weighted by Crippen LogP contribution is -2.43. The number of benzene rings is 1. The van der Waals surface area contributed by atoms with Gasteiger partial charge in [-0.3, -0.25) is 0 Å². The Hall–Kier alpha value is -1.60. The second-order valence-electron chi connectivity index (χ2n) is 5.74. The summed E-state index contributed by atoms with van der Waals surface area (Å²) in [4.78, 5) is 11.7. The first-order valence-electron chi connectivity index (χ1n) is 6.71. The van der Waals surface area contributed by atoms with Gasteiger partial charge in [0, 0.05) is 17.8 Å². The minimum Gasteiger partial charge on any atom is -0.465 e. The number of hydrogen-bond donors (Lipinski definition) is 1. The van der Waals surface area contributed by atoms with Gasteiger partial charge in [0.2, 0.25) is 10.0 Å². The number of esters is 1. The van der Waals surface area contributed by atoms with Crippen LogP contribution in [0.1, 0.15) is 37.0 Å². The van der Waals surface area contributed by atoms with Gasteiger partial charge in [0.05, 0.1) is 17.6 Å². The van der Waals surface area contributed by atoms with Gasteiger partial charge in [-0.15, -0.1) is 0 Å². The average molecular weight is 312 g/mol. The van der Waals surface area contributed by atoms with Gasteiger partial charge < -0.3 is 10.5 Å². The van der Waals surface area contributed by atoms with Crippen molar-refractivity contribution in [2.45, 2.75) is 37.1 Å². The second-order valence-corrected chi connectivity index (χ2v) is 7.57. The Morgan fingerprint density at radius 2 is 2.05 bits per heavy atom. The Kier molecular flexibility index (Phi) is 3.99. The van der Waals surface area contributed by atoms with Crippen molar-refractivity contribution in [1.29, 1.82) is 0 Å². The predicted molar refractivity (Wildman–Crippen MR) is 79.4 cm³/mol. The molecule has 1 saturated heterocycles. The van der Waals surface area contributed by atoms with Crippen molar-refractivity contribution in [2.75, 3.05) is 19.4 Å². The van der Waals surface area contributed by atoms with Crippen LogP contribution in [0.2, 0.25) is 0 Å². The molecule has 1 aromatic rings. The number of nitrogens with two attached hydrogens (primary N) is 1. The van der Waals surface area contributed by atoms with E-state index in [2.05, 4.69) is 4.74 Å². The zero-order valence-electron chi connectivity index (χ0n) is 12.4. The molecular formula is C14H20N2O4S. The number of carbonyl (C=O) groups is 1. The van der Waals surface area contributed by atoms with Crippen molar-refractivity contribution >= 4 is 21.7 Å². The normalized spacial score (nSPS) is 18.6. The van der Waals surface area contributed by atoms with Gasteiger partial charge in [-0.1, -0.05) is 0 Å². The molecule has 0 saturated carbocycles. The maximum Gasteiger partial charge on any atom is 0.339 e. The maximum absolute atomic E-state index is 12.9. The average Bonchev–Trinajstić information content (AvgIpc) is 2.78. The third-order valence-electron chi connectivity index (χ3n) is 3.80. The minimum atomic E-state index is -3.80. The summed E-state index contributed by atoms with van der Waals surface area (Å²) in [6.07, 6.45) is 1.57. The van der Waals surface area contributed by atoms with E-state index in [4.69, 9.17) is 5.73 Å². The first-order valence-corrected chi connectivity index (χ1v) is 8.15. The van der Waals surface area contributed by atoms with Gasteiger partial charge in [-0.25, -0.2) is 13.2 Å². The number of nitrogens with zero attached hydrogens (tertiary/aromatic N) is 1. The molecule has 116 valence electrons. The number of methoxy groups -OCH3 is 1. The quantitative estimate of drug-likeness (QED) is 0.676. The lowest BCUT2D eigenvalue weighted by Gasteiger charge is -2.31. The SMILES string of the molecule is COC(=O)c1ccc(N)cc1S(=O)(=O)N1CCCC1(C)C. The molecule has 0 bridgehead atoms. The lowest BCUT2D eigenvalue weighted by atomic mass is 10.0. The van der Waals surface area contributed by atoms with Crippen LogP contribution in [0.25, 0.3) is 0 Å². The van der Waals surface area contributed by atoms with Crippen molar-refractivity contribution in [3.8, 4) is 0 Å². The standard InChI is InChI=1S/C14H20N2O4S/c1-14(2)7-4-8-16(14)21(18,19)12-9-10(15)5-6-11(12)13(17)20-3/h5-6,9H,4,7-8,15H2,1-3H3. The van der Waals surface area contributed by atoms with Crippen LogP contribution >= 0.6 is 0 Å². The van der Waals surface area contributed by atoms with Crippen molar-refractivity contribution in [3.63, 3.8) is 0 Å². The topological polar surface area (TPSA) is 89.7 Å². The summed E-state index contributed by atoms with van der Waals surface area (Å²) in [5.74, 6) is -0.689. The number of ether oxygens (including phenoxy) is 1. The first-order chi connectivity index (χ1) is 9.70. The van der Waals surface area contributed by atoms with E-state index in [1.54, 1.807) is 0 Å². The molecule has 0 spiro atoms. The van der Waals surface area contributed by atoms with E-state index in [0.29, 0.717) is 12.2 Å². The molecule has 1 fully saturated rings. The van der Waals surface area contributed by atoms with E-state index in [-0.39, 0.29) is 10.5 Å². The van der Waals surface area contributed by atoms with E-state index < -0.39 is 21.5 Å². The van der Waals surface area contributed by atoms with Crippen molar-refractivity contribution < 1.29 is 17.9 Å². The van der Waals surface area contributed by atoms with Crippen molar-refractivity contribution in [3.05, 3.63) is 23.8 Å². The third kappa shape index (κ3) is 2.75. The summed E-state index contributed by atoms with van der Waals surface area (Å²) in [7, 11) is -2.58. The summed E-state index contributed by atoms with van der Waals surface area (Å²) in [6.45, 7) is 4.19. The molecule has 0 aromatic heterocycles. The van der Waals surface area contributed by atoms with E-state index in [0.717, 1.165) is 12.8 Å². The number of rotatable bonds is 3. The summed E-state index contributed by atoms with van der Waals surface area (Å²) in [6, 6.07) is 4.19. The van der Waals surface area contributed by atoms with Crippen LogP contribution in [0.15, 0.2) is 23.1 Å². The van der Waals surface area contributed by atoms with Gasteiger partial charge in [0.15, 0.2) is 0 Å². The minimum absolute atomic E-state index is 0.00870. The molecule has 21 heavy (non-hydrogen) atoms. The molecule has 0 amide bonds. The molecule has 1 heterocycles. The van der Waals surface area contributed by atoms with Gasteiger partial charge in [0.1, 0.15) is 0 Å². The maximum atomic E-state index is 12.9. The number of hydrogen-bond acceptors (Lipinski definition) is 5. The first kappa shape index (κ1) is 15.8. The molecule has 0 aliphatic carbocycles. The van der Waals surface area contributed by atoms with Crippen LogP contribution in [-0.4, -0.2) is 37.9 Å². The van der Waals surface area contributed by atoms with Crippen LogP contribution in [0.4, 0.5) is 5.69 Å². The Bertz CT molecular complexity index is 668. The second kappa shape index (κ2) is 5.31. The fourth-order valence-corrected chi connectivity index (χ4v) is 4.74. The fourth-order valence-electron chi connectivity index (χ4n) is 2.68. The Morgan fingerprint density at radius 1 is 1.38 bits per heavy atom. The van der Waals surface area contributed by atoms with E-state index in [9.17, 15) is 13.2 Å². The van der Waals surface area contributed by atoms with E-state index in [1.165, 1.54) is 29.6 Å². The summed E-state index contributed by atoms with van der Waals surface area (Å²) < 4.78 is 31.9. The van der Waals surface area contributed by atoms with Crippen molar-refractivity contribution in [2.24, 2.45) is 0 Å². The molecule has 1 aromatic carbocycles. The Morgan fingerprint density at radius 3 is 2.57 bits per heavy atom. The highest BCUT2D eigenvalue weighted by atomic mass is 32.2. The Labute approximate surface area is 124 Å². The van der Waals surface area contributed by atoms with Crippen molar-refractivity contribution in [1.82, 2.24) is 4.31 Å². The van der Waals surface area contributed by atoms with E-state index >= 15 is 0 Å². The molecule has 7 heteroatoms. The van der Waals surface area contributed by atoms with Gasteiger partial charge >= 0.3 is 5.97 Å². The molecule has 1 aliphatic heterocycles. The molecule has 1 aliphatic rings. The van der Waals surface area contributed by atoms with Gasteiger partial charge in [-0.2, -0.15) is 4.31 Å². The predicted octanol–water partition coefficient (Wildman–Crippen LogP) is 1.62. The van der Waals surface area contributed by atoms with Crippen LogP contribution in [0.5, 0.6) is 0 Å². The summed E-state index contributed by atoms with van der Waals surface area (Å²) >= 11 is 0. The number of sulfonamides is 1. The summed E-state index contributed by atoms with van der Waals surface area (Å²) in [5, 5.41) is 0. The molecule has 0 radical (unpaired) electrons. The highest BCUT2D eigenvalue weighted by molar-refractivity contribution is 7.89. The molecular weight excluding hydrogens is 292 g/mol. The highest BCUT2D eigenvalue weighted by Crippen LogP contribution is 2.35. The smallest absolute Gasteiger partial charge is 0.339 e. The number of anilines is 1. The van der Waals surface area contributed by atoms with Crippen LogP contribution in [0, 0.1) is 0 Å². The van der Waals surface area contributed by atoms with Gasteiger partial charge in [-0.05, 0) is 44.9 Å². The third-order valence-corrected chi connectivity index (χ3v) is 5.95. The zero-order valence-corrected chi connectivity index (χ0v) is 13.2. The van der Waals surface area contributed by atoms with Crippen LogP contribution < -0.4 is 5.73 Å². The molecule has 2 N–H and O–H groups in total. The molecule has 6 nitrogen and oxygen atoms in total. The van der Waals surface area contributed by atoms with E-state index in [1.807, 2.05) is 13.8 Å². The molecule has 0 atom stereocenters. The lowest BCUT2D eigenvalue weighted by molar-refractivity contribution is 0.0596.